The van der Waals surface area contributed by atoms with E-state index < -0.39 is 37.7 Å². The number of ether oxygens (including phenoxy) is 2. The van der Waals surface area contributed by atoms with Gasteiger partial charge < -0.3 is 13.9 Å². The Morgan fingerprint density at radius 2 is 1.67 bits per heavy atom. The summed E-state index contributed by atoms with van der Waals surface area (Å²) in [5.41, 5.74) is 2.48. The zero-order valence-corrected chi connectivity index (χ0v) is 37.1. The minimum absolute atomic E-state index is 0.00464. The van der Waals surface area contributed by atoms with Gasteiger partial charge in [-0.05, 0) is 60.5 Å². The van der Waals surface area contributed by atoms with Crippen molar-refractivity contribution in [3.8, 4) is 11.8 Å². The van der Waals surface area contributed by atoms with Crippen molar-refractivity contribution in [2.45, 2.75) is 141 Å². The molecule has 0 aromatic heterocycles. The van der Waals surface area contributed by atoms with Crippen molar-refractivity contribution in [1.82, 2.24) is 0 Å². The Balaban J connectivity index is 2.67. The number of hydrogen-bond acceptors (Lipinski definition) is 5. The number of allylic oxidation sites excluding steroid dienone is 2. The van der Waals surface area contributed by atoms with Crippen molar-refractivity contribution in [3.63, 3.8) is 0 Å². The Labute approximate surface area is 311 Å². The van der Waals surface area contributed by atoms with Gasteiger partial charge in [-0.2, -0.15) is 0 Å². The lowest BCUT2D eigenvalue weighted by molar-refractivity contribution is -0.129. The van der Waals surface area contributed by atoms with Gasteiger partial charge in [0.2, 0.25) is 8.32 Å². The number of sulfone groups is 1. The largest absolute Gasteiger partial charge is 0.402 e. The van der Waals surface area contributed by atoms with Gasteiger partial charge in [-0.15, -0.1) is 5.92 Å². The van der Waals surface area contributed by atoms with E-state index in [4.69, 9.17) is 20.5 Å². The van der Waals surface area contributed by atoms with Gasteiger partial charge in [0.15, 0.2) is 9.84 Å². The minimum Gasteiger partial charge on any atom is -0.402 e. The predicted octanol–water partition coefficient (Wildman–Crippen LogP) is 11.1. The number of hydrogen-bond donors (Lipinski definition) is 0. The lowest BCUT2D eigenvalue weighted by atomic mass is 9.60. The molecule has 0 heterocycles. The van der Waals surface area contributed by atoms with E-state index in [2.05, 4.69) is 116 Å². The zero-order valence-electron chi connectivity index (χ0n) is 32.7. The normalized spacial score (nSPS) is 23.2. The summed E-state index contributed by atoms with van der Waals surface area (Å²) < 4.78 is 48.2. The molecule has 1 aliphatic rings. The molecule has 0 radical (unpaired) electrons. The van der Waals surface area contributed by atoms with E-state index >= 15 is 0 Å². The lowest BCUT2D eigenvalue weighted by Gasteiger charge is -2.52. The minimum atomic E-state index is -3.60. The third-order valence-corrected chi connectivity index (χ3v) is 21.4. The van der Waals surface area contributed by atoms with Crippen molar-refractivity contribution in [2.24, 2.45) is 17.3 Å². The van der Waals surface area contributed by atoms with Gasteiger partial charge in [-0.25, -0.2) is 8.42 Å². The Morgan fingerprint density at radius 1 is 1.08 bits per heavy atom. The average molecular weight is 796 g/mol. The van der Waals surface area contributed by atoms with Gasteiger partial charge in [0, 0.05) is 37.8 Å². The summed E-state index contributed by atoms with van der Waals surface area (Å²) in [4.78, 5) is 0.340. The molecule has 0 amide bonds. The van der Waals surface area contributed by atoms with Crippen LogP contribution in [0.3, 0.4) is 0 Å². The summed E-state index contributed by atoms with van der Waals surface area (Å²) in [5, 5.41) is 0.848. The smallest absolute Gasteiger partial charge is 0.202 e. The van der Waals surface area contributed by atoms with E-state index in [1.165, 1.54) is 5.57 Å². The zero-order chi connectivity index (χ0) is 37.2. The summed E-state index contributed by atoms with van der Waals surface area (Å²) in [5.74, 6) is 6.77. The van der Waals surface area contributed by atoms with E-state index in [0.717, 1.165) is 23.4 Å². The second-order valence-electron chi connectivity index (χ2n) is 16.6. The monoisotopic (exact) mass is 794 g/mol. The molecule has 0 saturated heterocycles. The molecule has 0 N–H and O–H groups in total. The molecule has 0 unspecified atom stereocenters. The summed E-state index contributed by atoms with van der Waals surface area (Å²) in [7, 11) is -7.27. The van der Waals surface area contributed by atoms with E-state index in [1.54, 1.807) is 24.3 Å². The number of alkyl halides is 1. The van der Waals surface area contributed by atoms with Crippen LogP contribution in [0.25, 0.3) is 0 Å². The van der Waals surface area contributed by atoms with E-state index in [-0.39, 0.29) is 30.5 Å². The van der Waals surface area contributed by atoms with Crippen molar-refractivity contribution >= 4 is 42.2 Å². The highest BCUT2D eigenvalue weighted by atomic mass is 79.9. The number of halogens is 1. The molecule has 1 aliphatic carbocycles. The first kappa shape index (κ1) is 44.2. The molecule has 2 rings (SSSR count). The molecule has 0 aliphatic heterocycles. The highest BCUT2D eigenvalue weighted by Gasteiger charge is 2.54. The first-order valence-corrected chi connectivity index (χ1v) is 26.9. The summed E-state index contributed by atoms with van der Waals surface area (Å²) in [6.07, 6.45) is 3.71. The van der Waals surface area contributed by atoms with Crippen LogP contribution in [-0.4, -0.2) is 61.5 Å². The molecule has 9 heteroatoms. The van der Waals surface area contributed by atoms with Gasteiger partial charge in [-0.3, -0.25) is 0 Å². The summed E-state index contributed by atoms with van der Waals surface area (Å²) in [6, 6.07) is 9.85. The molecule has 49 heavy (non-hydrogen) atoms. The van der Waals surface area contributed by atoms with Crippen molar-refractivity contribution in [1.29, 1.82) is 0 Å². The molecule has 278 valence electrons. The van der Waals surface area contributed by atoms with Gasteiger partial charge in [0.25, 0.3) is 0 Å². The van der Waals surface area contributed by atoms with Gasteiger partial charge in [0.1, 0.15) is 12.9 Å². The van der Waals surface area contributed by atoms with Crippen LogP contribution in [-0.2, 0) is 23.7 Å². The fourth-order valence-electron chi connectivity index (χ4n) is 7.58. The maximum atomic E-state index is 13.9. The van der Waals surface area contributed by atoms with Crippen molar-refractivity contribution in [2.75, 3.05) is 24.5 Å². The molecule has 1 fully saturated rings. The van der Waals surface area contributed by atoms with Crippen LogP contribution in [0.4, 0.5) is 0 Å². The van der Waals surface area contributed by atoms with Gasteiger partial charge in [-0.1, -0.05) is 139 Å². The third-order valence-electron chi connectivity index (χ3n) is 10.7. The van der Waals surface area contributed by atoms with Crippen LogP contribution >= 0.6 is 15.9 Å². The van der Waals surface area contributed by atoms with Crippen LogP contribution in [0.5, 0.6) is 0 Å². The molecule has 0 bridgehead atoms. The van der Waals surface area contributed by atoms with Crippen LogP contribution in [0.15, 0.2) is 59.0 Å². The lowest BCUT2D eigenvalue weighted by Crippen LogP contribution is -2.56. The number of benzene rings is 1. The second-order valence-corrected chi connectivity index (χ2v) is 30.2. The molecular formula is C40H67BrO5SSi2. The maximum Gasteiger partial charge on any atom is 0.202 e. The van der Waals surface area contributed by atoms with Crippen LogP contribution in [0, 0.1) is 29.1 Å². The van der Waals surface area contributed by atoms with Crippen LogP contribution < -0.4 is 0 Å². The third kappa shape index (κ3) is 12.0. The summed E-state index contributed by atoms with van der Waals surface area (Å²) in [6.45, 7) is 32.7. The Morgan fingerprint density at radius 3 is 2.20 bits per heavy atom. The maximum absolute atomic E-state index is 13.9. The standard InChI is InChI=1S/C40H67BrO5SSi2/c1-30(2)49(31(3)4,32(5)6)46-37(23-19-14-16-20-33(7)27-41)39-35(9)40(10,28-47(42,43)36-21-17-15-18-22-36)34(8)26-38(39)45-29-44-24-25-48(11,12)13/h15,17-18,20-22,30-32,34,37-39H,9,14,16,24-29H2,1-8,10-13H3/b33-20+/t34-,37+,38+,39-,40+/m1/s1. The van der Waals surface area contributed by atoms with Gasteiger partial charge in [0.05, 0.1) is 16.8 Å². The second kappa shape index (κ2) is 19.2. The molecule has 5 nitrogen and oxygen atoms in total. The fraction of sp³-hybridized carbons (Fsp3) is 0.700. The molecule has 1 aromatic rings. The first-order valence-electron chi connectivity index (χ1n) is 18.3. The molecule has 0 spiro atoms. The fourth-order valence-corrected chi connectivity index (χ4v) is 16.0. The van der Waals surface area contributed by atoms with E-state index in [0.29, 0.717) is 41.0 Å². The molecular weight excluding hydrogens is 729 g/mol. The Bertz CT molecular complexity index is 1370. The average Bonchev–Trinajstić information content (AvgIpc) is 3.00. The van der Waals surface area contributed by atoms with E-state index in [1.807, 2.05) is 6.07 Å². The molecule has 1 aromatic carbocycles. The number of rotatable bonds is 18. The molecule has 5 atom stereocenters. The van der Waals surface area contributed by atoms with Gasteiger partial charge >= 0.3 is 0 Å². The summed E-state index contributed by atoms with van der Waals surface area (Å²) >= 11 is 3.54. The quantitative estimate of drug-likeness (QED) is 0.0370. The molecule has 1 saturated carbocycles. The SMILES string of the molecule is C=C1[C@H]([C@H](C#CCC/C=C(\C)CBr)O[Si](C(C)C)(C(C)C)C(C)C)[C@@H](OCOCC[Si](C)(C)C)C[C@@H](C)[C@]1(C)CS(=O)(=O)c1ccccc1. The Hall–Kier alpha value is -0.996. The Kier molecular flexibility index (Phi) is 17.3. The highest BCUT2D eigenvalue weighted by molar-refractivity contribution is 9.09. The topological polar surface area (TPSA) is 61.8 Å². The van der Waals surface area contributed by atoms with Crippen LogP contribution in [0.2, 0.25) is 42.3 Å². The first-order chi connectivity index (χ1) is 22.7. The van der Waals surface area contributed by atoms with Crippen molar-refractivity contribution < 1.29 is 22.3 Å². The van der Waals surface area contributed by atoms with Crippen molar-refractivity contribution in [3.05, 3.63) is 54.1 Å². The highest BCUT2D eigenvalue weighted by Crippen LogP contribution is 2.52. The van der Waals surface area contributed by atoms with Crippen LogP contribution in [0.1, 0.15) is 81.6 Å². The predicted molar refractivity (Wildman–Crippen MR) is 217 cm³/mol. The van der Waals surface area contributed by atoms with E-state index in [9.17, 15) is 8.42 Å². The number of unbranched alkanes of at least 4 members (excludes halogenated alkanes) is 1.